The molecule has 234 valence electrons. The number of sulfonamides is 1. The number of hydrogen-bond donors (Lipinski definition) is 1. The highest BCUT2D eigenvalue weighted by Crippen LogP contribution is 2.53. The number of hydrogen-bond acceptors (Lipinski definition) is 6. The van der Waals surface area contributed by atoms with Crippen molar-refractivity contribution in [2.75, 3.05) is 32.7 Å². The number of rotatable bonds is 8. The Labute approximate surface area is 256 Å². The van der Waals surface area contributed by atoms with Gasteiger partial charge in [0.05, 0.1) is 18.6 Å². The zero-order valence-electron chi connectivity index (χ0n) is 24.3. The summed E-state index contributed by atoms with van der Waals surface area (Å²) in [6.07, 6.45) is 1.74. The molecule has 2 amide bonds. The van der Waals surface area contributed by atoms with Gasteiger partial charge in [-0.1, -0.05) is 23.7 Å². The maximum atomic E-state index is 15.1. The molecule has 0 bridgehead atoms. The molecule has 0 unspecified atom stereocenters. The van der Waals surface area contributed by atoms with Crippen LogP contribution in [-0.2, 0) is 19.6 Å². The van der Waals surface area contributed by atoms with Crippen molar-refractivity contribution in [1.29, 1.82) is 0 Å². The molecule has 2 saturated heterocycles. The molecule has 2 aliphatic heterocycles. The van der Waals surface area contributed by atoms with Crippen molar-refractivity contribution in [2.24, 2.45) is 0 Å². The van der Waals surface area contributed by atoms with Crippen molar-refractivity contribution in [1.82, 2.24) is 19.4 Å². The van der Waals surface area contributed by atoms with Gasteiger partial charge >= 0.3 is 6.09 Å². The molecule has 13 heteroatoms. The van der Waals surface area contributed by atoms with Crippen LogP contribution in [0, 0.1) is 11.6 Å². The monoisotopic (exact) mass is 638 g/mol. The smallest absolute Gasteiger partial charge is 0.410 e. The first-order valence-corrected chi connectivity index (χ1v) is 16.4. The van der Waals surface area contributed by atoms with Crippen LogP contribution in [0.3, 0.4) is 0 Å². The lowest BCUT2D eigenvalue weighted by molar-refractivity contribution is -0.123. The first kappa shape index (κ1) is 31.6. The van der Waals surface area contributed by atoms with Crippen molar-refractivity contribution in [3.8, 4) is 0 Å². The molecule has 43 heavy (non-hydrogen) atoms. The lowest BCUT2D eigenvalue weighted by atomic mass is 9.90. The number of halogens is 3. The minimum atomic E-state index is -4.47. The van der Waals surface area contributed by atoms with Crippen molar-refractivity contribution in [3.63, 3.8) is 0 Å². The second-order valence-electron chi connectivity index (χ2n) is 11.8. The first-order chi connectivity index (χ1) is 20.4. The van der Waals surface area contributed by atoms with Crippen LogP contribution in [0.15, 0.2) is 47.4 Å². The number of piperazine rings is 1. The van der Waals surface area contributed by atoms with E-state index >= 15 is 4.39 Å². The second kappa shape index (κ2) is 12.7. The van der Waals surface area contributed by atoms with Crippen LogP contribution in [0.2, 0.25) is 5.02 Å². The molecule has 2 aromatic rings. The summed E-state index contributed by atoms with van der Waals surface area (Å²) in [5, 5.41) is 2.92. The van der Waals surface area contributed by atoms with Crippen LogP contribution in [0.25, 0.3) is 0 Å². The Morgan fingerprint density at radius 2 is 1.79 bits per heavy atom. The van der Waals surface area contributed by atoms with Crippen LogP contribution >= 0.6 is 11.6 Å². The topological polar surface area (TPSA) is 99.3 Å². The molecule has 0 spiro atoms. The van der Waals surface area contributed by atoms with E-state index in [0.29, 0.717) is 63.8 Å². The van der Waals surface area contributed by atoms with E-state index in [1.54, 1.807) is 11.0 Å². The molecule has 5 rings (SSSR count). The molecule has 1 aliphatic carbocycles. The molecular formula is C30H37ClF2N4O5S. The molecular weight excluding hydrogens is 602 g/mol. The molecule has 2 aromatic carbocycles. The van der Waals surface area contributed by atoms with Gasteiger partial charge in [0.2, 0.25) is 15.9 Å². The van der Waals surface area contributed by atoms with Crippen molar-refractivity contribution in [2.45, 2.75) is 74.6 Å². The number of amides is 2. The predicted molar refractivity (Wildman–Crippen MR) is 157 cm³/mol. The van der Waals surface area contributed by atoms with Crippen LogP contribution < -0.4 is 5.32 Å². The molecule has 3 fully saturated rings. The summed E-state index contributed by atoms with van der Waals surface area (Å²) < 4.78 is 65.2. The van der Waals surface area contributed by atoms with Gasteiger partial charge in [0.1, 0.15) is 22.1 Å². The van der Waals surface area contributed by atoms with Gasteiger partial charge in [0.15, 0.2) is 0 Å². The lowest BCUT2D eigenvalue weighted by Gasteiger charge is -2.45. The van der Waals surface area contributed by atoms with E-state index in [1.807, 2.05) is 18.7 Å². The standard InChI is InChI=1S/C30H37ClF2N4O5S/c1-20(2)34-28(38)19-35-13-15-36(16-14-35)29(39)42-30(11-12-30)27-8-4-7-25(21-5-3-6-23(32)17-21)37(27)43(40,41)26-10-9-22(31)18-24(26)33/h3,5-6,9-10,17-18,20,25,27H,4,7-8,11-16,19H2,1-2H3,(H,34,38)/t25-,27+/m0/s1. The van der Waals surface area contributed by atoms with Crippen LogP contribution in [0.5, 0.6) is 0 Å². The maximum Gasteiger partial charge on any atom is 0.410 e. The van der Waals surface area contributed by atoms with E-state index in [4.69, 9.17) is 16.3 Å². The minimum absolute atomic E-state index is 0.0401. The van der Waals surface area contributed by atoms with Gasteiger partial charge in [0, 0.05) is 37.2 Å². The normalized spacial score (nSPS) is 22.8. The van der Waals surface area contributed by atoms with E-state index in [2.05, 4.69) is 5.32 Å². The predicted octanol–water partition coefficient (Wildman–Crippen LogP) is 4.71. The summed E-state index contributed by atoms with van der Waals surface area (Å²) in [4.78, 5) is 28.5. The average Bonchev–Trinajstić information content (AvgIpc) is 3.72. The van der Waals surface area contributed by atoms with Gasteiger partial charge in [-0.3, -0.25) is 9.69 Å². The van der Waals surface area contributed by atoms with Crippen molar-refractivity contribution in [3.05, 3.63) is 64.7 Å². The number of ether oxygens (including phenoxy) is 1. The molecule has 2 heterocycles. The molecule has 9 nitrogen and oxygen atoms in total. The highest BCUT2D eigenvalue weighted by Gasteiger charge is 2.60. The number of benzene rings is 2. The molecule has 0 radical (unpaired) electrons. The molecule has 0 aromatic heterocycles. The summed E-state index contributed by atoms with van der Waals surface area (Å²) in [6.45, 7) is 5.73. The van der Waals surface area contributed by atoms with Gasteiger partial charge in [-0.2, -0.15) is 4.31 Å². The Morgan fingerprint density at radius 3 is 2.42 bits per heavy atom. The van der Waals surface area contributed by atoms with E-state index in [-0.39, 0.29) is 23.5 Å². The summed E-state index contributed by atoms with van der Waals surface area (Å²) in [7, 11) is -4.47. The number of carbonyl (C=O) groups is 2. The van der Waals surface area contributed by atoms with Gasteiger partial charge in [-0.15, -0.1) is 0 Å². The highest BCUT2D eigenvalue weighted by atomic mass is 35.5. The minimum Gasteiger partial charge on any atom is -0.441 e. The van der Waals surface area contributed by atoms with Gasteiger partial charge in [-0.05, 0) is 81.8 Å². The van der Waals surface area contributed by atoms with Crippen molar-refractivity contribution < 1.29 is 31.5 Å². The Balaban J connectivity index is 1.38. The largest absolute Gasteiger partial charge is 0.441 e. The fraction of sp³-hybridized carbons (Fsp3) is 0.533. The maximum absolute atomic E-state index is 15.1. The molecule has 1 saturated carbocycles. The van der Waals surface area contributed by atoms with Gasteiger partial charge in [-0.25, -0.2) is 22.0 Å². The molecule has 3 aliphatic rings. The zero-order valence-corrected chi connectivity index (χ0v) is 25.8. The quantitative estimate of drug-likeness (QED) is 0.450. The molecule has 1 N–H and O–H groups in total. The third kappa shape index (κ3) is 6.97. The summed E-state index contributed by atoms with van der Waals surface area (Å²) in [6, 6.07) is 7.61. The summed E-state index contributed by atoms with van der Waals surface area (Å²) in [5.74, 6) is -1.58. The fourth-order valence-corrected chi connectivity index (χ4v) is 8.28. The Morgan fingerprint density at radius 1 is 1.07 bits per heavy atom. The molecule has 2 atom stereocenters. The van der Waals surface area contributed by atoms with Crippen molar-refractivity contribution >= 4 is 33.6 Å². The lowest BCUT2D eigenvalue weighted by Crippen LogP contribution is -2.56. The van der Waals surface area contributed by atoms with Crippen LogP contribution in [0.4, 0.5) is 13.6 Å². The first-order valence-electron chi connectivity index (χ1n) is 14.6. The zero-order chi connectivity index (χ0) is 30.9. The van der Waals surface area contributed by atoms with Crippen LogP contribution in [-0.4, -0.2) is 84.9 Å². The third-order valence-electron chi connectivity index (χ3n) is 8.34. The van der Waals surface area contributed by atoms with E-state index in [0.717, 1.165) is 12.1 Å². The van der Waals surface area contributed by atoms with Gasteiger partial charge < -0.3 is 15.0 Å². The Hall–Kier alpha value is -2.80. The second-order valence-corrected chi connectivity index (χ2v) is 14.1. The van der Waals surface area contributed by atoms with E-state index < -0.39 is 50.3 Å². The Kier molecular flexibility index (Phi) is 9.31. The Bertz CT molecular complexity index is 1460. The highest BCUT2D eigenvalue weighted by molar-refractivity contribution is 7.89. The SMILES string of the molecule is CC(C)NC(=O)CN1CCN(C(=O)OC2([C@H]3CCC[C@@H](c4cccc(F)c4)N3S(=O)(=O)c3ccc(Cl)cc3F)CC2)CC1. The van der Waals surface area contributed by atoms with Gasteiger partial charge in [0.25, 0.3) is 0 Å². The van der Waals surface area contributed by atoms with E-state index in [9.17, 15) is 22.4 Å². The number of carbonyl (C=O) groups excluding carboxylic acids is 2. The third-order valence-corrected chi connectivity index (χ3v) is 10.5. The fourth-order valence-electron chi connectivity index (χ4n) is 6.16. The number of piperidine rings is 1. The van der Waals surface area contributed by atoms with E-state index in [1.165, 1.54) is 28.6 Å². The number of nitrogens with zero attached hydrogens (tertiary/aromatic N) is 3. The van der Waals surface area contributed by atoms with Crippen LogP contribution in [0.1, 0.15) is 57.6 Å². The number of nitrogens with one attached hydrogen (secondary N) is 1. The summed E-state index contributed by atoms with van der Waals surface area (Å²) >= 11 is 5.92. The summed E-state index contributed by atoms with van der Waals surface area (Å²) in [5.41, 5.74) is -0.643. The average molecular weight is 639 g/mol.